The Kier molecular flexibility index (Phi) is 5.92. The number of hydrogen-bond donors (Lipinski definition) is 0. The van der Waals surface area contributed by atoms with Gasteiger partial charge in [-0.05, 0) is 54.7 Å². The minimum Gasteiger partial charge on any atom is -0.357 e. The molecule has 0 radical (unpaired) electrons. The number of pyridine rings is 1. The molecule has 0 N–H and O–H groups in total. The monoisotopic (exact) mass is 308 g/mol. The molecule has 1 aromatic heterocycles. The molecule has 0 bridgehead atoms. The van der Waals surface area contributed by atoms with Crippen molar-refractivity contribution in [2.45, 2.75) is 58.8 Å². The summed E-state index contributed by atoms with van der Waals surface area (Å²) in [6, 6.07) is 4.32. The van der Waals surface area contributed by atoms with E-state index in [4.69, 9.17) is 16.6 Å². The number of nitrogens with zero attached hydrogens (tertiary/aromatic N) is 2. The van der Waals surface area contributed by atoms with Gasteiger partial charge >= 0.3 is 0 Å². The zero-order valence-corrected chi connectivity index (χ0v) is 14.7. The van der Waals surface area contributed by atoms with Gasteiger partial charge in [0.25, 0.3) is 0 Å². The second-order valence-electron chi connectivity index (χ2n) is 6.97. The minimum absolute atomic E-state index is 0.447. The Bertz CT molecular complexity index is 457. The van der Waals surface area contributed by atoms with Gasteiger partial charge in [0, 0.05) is 24.7 Å². The summed E-state index contributed by atoms with van der Waals surface area (Å²) in [6.45, 7) is 11.3. The highest BCUT2D eigenvalue weighted by molar-refractivity contribution is 6.17. The molecule has 1 unspecified atom stereocenters. The van der Waals surface area contributed by atoms with Crippen LogP contribution in [0.25, 0.3) is 0 Å². The van der Waals surface area contributed by atoms with Crippen LogP contribution in [0.4, 0.5) is 5.82 Å². The van der Waals surface area contributed by atoms with Gasteiger partial charge < -0.3 is 4.90 Å². The van der Waals surface area contributed by atoms with Crippen molar-refractivity contribution in [3.8, 4) is 0 Å². The number of halogens is 1. The fourth-order valence-corrected chi connectivity index (χ4v) is 3.30. The van der Waals surface area contributed by atoms with Gasteiger partial charge in [-0.1, -0.05) is 27.7 Å². The van der Waals surface area contributed by atoms with Crippen LogP contribution in [0.5, 0.6) is 0 Å². The number of hydrogen-bond acceptors (Lipinski definition) is 2. The maximum absolute atomic E-state index is 6.07. The molecular formula is C18H29ClN2. The van der Waals surface area contributed by atoms with Gasteiger partial charge in [0.2, 0.25) is 0 Å². The lowest BCUT2D eigenvalue weighted by Crippen LogP contribution is -2.26. The Balaban J connectivity index is 2.18. The van der Waals surface area contributed by atoms with Crippen LogP contribution in [0.2, 0.25) is 0 Å². The van der Waals surface area contributed by atoms with E-state index in [0.29, 0.717) is 11.8 Å². The van der Waals surface area contributed by atoms with Crippen LogP contribution in [-0.2, 0) is 5.88 Å². The zero-order valence-electron chi connectivity index (χ0n) is 13.9. The van der Waals surface area contributed by atoms with Crippen LogP contribution in [-0.4, -0.2) is 18.1 Å². The van der Waals surface area contributed by atoms with Crippen LogP contribution >= 0.6 is 11.6 Å². The van der Waals surface area contributed by atoms with Gasteiger partial charge in [0.15, 0.2) is 0 Å². The summed E-state index contributed by atoms with van der Waals surface area (Å²) in [7, 11) is 0. The molecule has 1 aliphatic heterocycles. The largest absolute Gasteiger partial charge is 0.357 e. The first-order valence-corrected chi connectivity index (χ1v) is 8.86. The third-order valence-corrected chi connectivity index (χ3v) is 4.99. The minimum atomic E-state index is 0.447. The Labute approximate surface area is 134 Å². The van der Waals surface area contributed by atoms with E-state index in [1.807, 2.05) is 0 Å². The molecule has 2 nitrogen and oxygen atoms in total. The zero-order chi connectivity index (χ0) is 15.4. The van der Waals surface area contributed by atoms with Gasteiger partial charge in [-0.25, -0.2) is 4.98 Å². The average Bonchev–Trinajstić information content (AvgIpc) is 2.72. The maximum atomic E-state index is 6.07. The molecule has 0 aromatic carbocycles. The van der Waals surface area contributed by atoms with E-state index in [0.717, 1.165) is 36.4 Å². The summed E-state index contributed by atoms with van der Waals surface area (Å²) in [6.07, 6.45) is 3.90. The maximum Gasteiger partial charge on any atom is 0.129 e. The molecule has 1 saturated heterocycles. The van der Waals surface area contributed by atoms with Crippen molar-refractivity contribution in [3.63, 3.8) is 0 Å². The third-order valence-electron chi connectivity index (χ3n) is 4.68. The lowest BCUT2D eigenvalue weighted by atomic mass is 9.89. The van der Waals surface area contributed by atoms with Crippen LogP contribution in [0.1, 0.15) is 64.1 Å². The molecule has 3 heteroatoms. The molecule has 21 heavy (non-hydrogen) atoms. The van der Waals surface area contributed by atoms with E-state index in [-0.39, 0.29) is 0 Å². The lowest BCUT2D eigenvalue weighted by molar-refractivity contribution is 0.351. The molecule has 0 aliphatic carbocycles. The van der Waals surface area contributed by atoms with Crippen molar-refractivity contribution in [3.05, 3.63) is 23.4 Å². The molecule has 1 aliphatic rings. The summed E-state index contributed by atoms with van der Waals surface area (Å²) < 4.78 is 0. The number of anilines is 1. The lowest BCUT2D eigenvalue weighted by Gasteiger charge is -2.24. The topological polar surface area (TPSA) is 16.1 Å². The molecule has 1 atom stereocenters. The third kappa shape index (κ3) is 4.35. The first-order chi connectivity index (χ1) is 10.0. The van der Waals surface area contributed by atoms with E-state index in [1.54, 1.807) is 0 Å². The normalized spacial score (nSPS) is 20.1. The van der Waals surface area contributed by atoms with Crippen LogP contribution < -0.4 is 4.90 Å². The first-order valence-electron chi connectivity index (χ1n) is 8.33. The second kappa shape index (κ2) is 7.49. The molecule has 0 saturated carbocycles. The van der Waals surface area contributed by atoms with Crippen LogP contribution in [0, 0.1) is 11.8 Å². The Morgan fingerprint density at radius 2 is 1.95 bits per heavy atom. The van der Waals surface area contributed by atoms with Crippen molar-refractivity contribution >= 4 is 17.4 Å². The predicted molar refractivity (Wildman–Crippen MR) is 92.3 cm³/mol. The van der Waals surface area contributed by atoms with Gasteiger partial charge in [-0.3, -0.25) is 0 Å². The van der Waals surface area contributed by atoms with Gasteiger partial charge in [-0.2, -0.15) is 0 Å². The summed E-state index contributed by atoms with van der Waals surface area (Å²) >= 11 is 6.07. The highest BCUT2D eigenvalue weighted by Crippen LogP contribution is 2.28. The van der Waals surface area contributed by atoms with Gasteiger partial charge in [0.1, 0.15) is 5.82 Å². The van der Waals surface area contributed by atoms with Crippen molar-refractivity contribution in [1.82, 2.24) is 4.98 Å². The fraction of sp³-hybridized carbons (Fsp3) is 0.722. The number of alkyl halides is 1. The van der Waals surface area contributed by atoms with Crippen molar-refractivity contribution in [2.24, 2.45) is 11.8 Å². The number of rotatable bonds is 4. The quantitative estimate of drug-likeness (QED) is 0.710. The second-order valence-corrected chi connectivity index (χ2v) is 7.24. The van der Waals surface area contributed by atoms with Crippen molar-refractivity contribution < 1.29 is 0 Å². The van der Waals surface area contributed by atoms with E-state index in [1.165, 1.54) is 24.8 Å². The predicted octanol–water partition coefficient (Wildman–Crippen LogP) is 5.21. The Morgan fingerprint density at radius 3 is 2.57 bits per heavy atom. The molecule has 2 rings (SSSR count). The molecule has 1 fully saturated rings. The Hall–Kier alpha value is -0.760. The van der Waals surface area contributed by atoms with E-state index in [2.05, 4.69) is 44.7 Å². The van der Waals surface area contributed by atoms with Crippen molar-refractivity contribution in [1.29, 1.82) is 0 Å². The van der Waals surface area contributed by atoms with Crippen LogP contribution in [0.15, 0.2) is 12.1 Å². The molecule has 2 heterocycles. The van der Waals surface area contributed by atoms with Gasteiger partial charge in [0.05, 0.1) is 0 Å². The molecule has 118 valence electrons. The SMILES string of the molecule is CC(C)c1cc(CCl)cc(N2CCCC(C(C)C)CC2)n1. The van der Waals surface area contributed by atoms with Gasteiger partial charge in [-0.15, -0.1) is 11.6 Å². The van der Waals surface area contributed by atoms with E-state index >= 15 is 0 Å². The molecule has 0 spiro atoms. The summed E-state index contributed by atoms with van der Waals surface area (Å²) in [4.78, 5) is 7.35. The molecular weight excluding hydrogens is 280 g/mol. The van der Waals surface area contributed by atoms with E-state index < -0.39 is 0 Å². The Morgan fingerprint density at radius 1 is 1.19 bits per heavy atom. The molecule has 0 amide bonds. The highest BCUT2D eigenvalue weighted by Gasteiger charge is 2.21. The standard InChI is InChI=1S/C18H29ClN2/c1-13(2)16-6-5-8-21(9-7-16)18-11-15(12-19)10-17(20-18)14(3)4/h10-11,13-14,16H,5-9,12H2,1-4H3. The number of aromatic nitrogens is 1. The average molecular weight is 309 g/mol. The first kappa shape index (κ1) is 16.6. The highest BCUT2D eigenvalue weighted by atomic mass is 35.5. The fourth-order valence-electron chi connectivity index (χ4n) is 3.15. The summed E-state index contributed by atoms with van der Waals surface area (Å²) in [5.41, 5.74) is 2.35. The smallest absolute Gasteiger partial charge is 0.129 e. The summed E-state index contributed by atoms with van der Waals surface area (Å²) in [5, 5.41) is 0. The molecule has 1 aromatic rings. The van der Waals surface area contributed by atoms with E-state index in [9.17, 15) is 0 Å². The van der Waals surface area contributed by atoms with Crippen LogP contribution in [0.3, 0.4) is 0 Å². The van der Waals surface area contributed by atoms with Crippen molar-refractivity contribution in [2.75, 3.05) is 18.0 Å². The summed E-state index contributed by atoms with van der Waals surface area (Å²) in [5.74, 6) is 3.79.